The Bertz CT molecular complexity index is 532. The van der Waals surface area contributed by atoms with E-state index in [1.54, 1.807) is 0 Å². The maximum absolute atomic E-state index is 11.7. The zero-order chi connectivity index (χ0) is 14.1. The van der Waals surface area contributed by atoms with Gasteiger partial charge in [0.15, 0.2) is 5.01 Å². The maximum atomic E-state index is 11.7. The molecular formula is C12H17N5O2S. The van der Waals surface area contributed by atoms with Gasteiger partial charge in [-0.25, -0.2) is 10.8 Å². The number of aromatic nitrogens is 1. The van der Waals surface area contributed by atoms with Gasteiger partial charge < -0.3 is 5.32 Å². The number of amides is 2. The number of carbonyl (C=O) groups excluding carboxylic acids is 2. The van der Waals surface area contributed by atoms with Crippen molar-refractivity contribution in [3.63, 3.8) is 0 Å². The van der Waals surface area contributed by atoms with Crippen LogP contribution in [-0.4, -0.2) is 40.8 Å². The maximum Gasteiger partial charge on any atom is 0.294 e. The van der Waals surface area contributed by atoms with Crippen molar-refractivity contribution in [3.05, 3.63) is 16.1 Å². The number of piperidine rings is 1. The molecule has 20 heavy (non-hydrogen) atoms. The standard InChI is InChI=1S/C12H17N5O2S/c13-16-11(19)12-15-7(6-20-12)5-17-3-1-2-8-9(17)4-14-10(8)18/h6,8-9H,1-5,13H2,(H,14,18)(H,16,19). The minimum atomic E-state index is -0.365. The average molecular weight is 295 g/mol. The van der Waals surface area contributed by atoms with Crippen LogP contribution in [0.15, 0.2) is 5.38 Å². The number of rotatable bonds is 3. The van der Waals surface area contributed by atoms with E-state index in [0.717, 1.165) is 25.1 Å². The van der Waals surface area contributed by atoms with E-state index in [1.165, 1.54) is 11.3 Å². The number of thiazole rings is 1. The molecule has 0 saturated carbocycles. The van der Waals surface area contributed by atoms with E-state index in [4.69, 9.17) is 5.84 Å². The first-order valence-corrected chi connectivity index (χ1v) is 7.54. The molecule has 1 aromatic heterocycles. The van der Waals surface area contributed by atoms with Crippen LogP contribution in [0.2, 0.25) is 0 Å². The number of hydrogen-bond acceptors (Lipinski definition) is 6. The fraction of sp³-hybridized carbons (Fsp3) is 0.583. The van der Waals surface area contributed by atoms with Crippen molar-refractivity contribution in [2.24, 2.45) is 11.8 Å². The number of hydrogen-bond donors (Lipinski definition) is 3. The fourth-order valence-electron chi connectivity index (χ4n) is 2.99. The smallest absolute Gasteiger partial charge is 0.294 e. The lowest BCUT2D eigenvalue weighted by Crippen LogP contribution is -2.44. The Morgan fingerprint density at radius 1 is 1.65 bits per heavy atom. The van der Waals surface area contributed by atoms with Crippen molar-refractivity contribution in [2.45, 2.75) is 25.4 Å². The van der Waals surface area contributed by atoms with E-state index in [2.05, 4.69) is 20.6 Å². The second-order valence-electron chi connectivity index (χ2n) is 5.15. The number of nitrogens with two attached hydrogens (primary N) is 1. The molecule has 8 heteroatoms. The molecule has 0 aliphatic carbocycles. The lowest BCUT2D eigenvalue weighted by Gasteiger charge is -2.35. The van der Waals surface area contributed by atoms with E-state index >= 15 is 0 Å². The van der Waals surface area contributed by atoms with Gasteiger partial charge >= 0.3 is 0 Å². The van der Waals surface area contributed by atoms with Crippen LogP contribution < -0.4 is 16.6 Å². The van der Waals surface area contributed by atoms with Crippen LogP contribution in [0.4, 0.5) is 0 Å². The zero-order valence-electron chi connectivity index (χ0n) is 11.0. The molecule has 2 amide bonds. The van der Waals surface area contributed by atoms with Crippen molar-refractivity contribution < 1.29 is 9.59 Å². The Morgan fingerprint density at radius 2 is 2.50 bits per heavy atom. The highest BCUT2D eigenvalue weighted by Crippen LogP contribution is 2.28. The summed E-state index contributed by atoms with van der Waals surface area (Å²) >= 11 is 1.28. The highest BCUT2D eigenvalue weighted by molar-refractivity contribution is 7.11. The largest absolute Gasteiger partial charge is 0.354 e. The molecule has 3 rings (SSSR count). The van der Waals surface area contributed by atoms with Gasteiger partial charge in [-0.3, -0.25) is 19.9 Å². The van der Waals surface area contributed by atoms with Gasteiger partial charge in [-0.15, -0.1) is 11.3 Å². The summed E-state index contributed by atoms with van der Waals surface area (Å²) in [5.41, 5.74) is 2.94. The van der Waals surface area contributed by atoms with Crippen LogP contribution in [0.3, 0.4) is 0 Å². The lowest BCUT2D eigenvalue weighted by atomic mass is 9.91. The van der Waals surface area contributed by atoms with E-state index < -0.39 is 0 Å². The predicted molar refractivity (Wildman–Crippen MR) is 73.7 cm³/mol. The van der Waals surface area contributed by atoms with Crippen molar-refractivity contribution in [1.29, 1.82) is 0 Å². The minimum absolute atomic E-state index is 0.106. The van der Waals surface area contributed by atoms with Crippen LogP contribution in [0.5, 0.6) is 0 Å². The third-order valence-corrected chi connectivity index (χ3v) is 4.85. The van der Waals surface area contributed by atoms with Gasteiger partial charge in [0.2, 0.25) is 5.91 Å². The van der Waals surface area contributed by atoms with Crippen molar-refractivity contribution >= 4 is 23.2 Å². The molecule has 2 aliphatic rings. The van der Waals surface area contributed by atoms with Gasteiger partial charge in [0.05, 0.1) is 11.6 Å². The molecule has 2 atom stereocenters. The molecule has 0 spiro atoms. The Balaban J connectivity index is 1.69. The van der Waals surface area contributed by atoms with Crippen molar-refractivity contribution in [2.75, 3.05) is 13.1 Å². The van der Waals surface area contributed by atoms with Crippen LogP contribution in [0.25, 0.3) is 0 Å². The van der Waals surface area contributed by atoms with Gasteiger partial charge in [-0.05, 0) is 19.4 Å². The van der Waals surface area contributed by atoms with Crippen LogP contribution in [-0.2, 0) is 11.3 Å². The molecule has 0 bridgehead atoms. The summed E-state index contributed by atoms with van der Waals surface area (Å²) < 4.78 is 0. The number of likely N-dealkylation sites (tertiary alicyclic amines) is 1. The van der Waals surface area contributed by atoms with Gasteiger partial charge in [-0.1, -0.05) is 0 Å². The van der Waals surface area contributed by atoms with Gasteiger partial charge in [0.1, 0.15) is 0 Å². The third-order valence-electron chi connectivity index (χ3n) is 3.96. The first-order valence-electron chi connectivity index (χ1n) is 6.66. The summed E-state index contributed by atoms with van der Waals surface area (Å²) in [5.74, 6) is 5.00. The molecule has 108 valence electrons. The quantitative estimate of drug-likeness (QED) is 0.395. The Hall–Kier alpha value is -1.51. The number of nitrogens with zero attached hydrogens (tertiary/aromatic N) is 2. The molecule has 2 aliphatic heterocycles. The van der Waals surface area contributed by atoms with Gasteiger partial charge in [0, 0.05) is 24.5 Å². The van der Waals surface area contributed by atoms with E-state index in [0.29, 0.717) is 18.1 Å². The van der Waals surface area contributed by atoms with E-state index in [1.807, 2.05) is 5.38 Å². The predicted octanol–water partition coefficient (Wildman–Crippen LogP) is -0.543. The summed E-state index contributed by atoms with van der Waals surface area (Å²) in [7, 11) is 0. The molecule has 2 saturated heterocycles. The third kappa shape index (κ3) is 2.41. The summed E-state index contributed by atoms with van der Waals surface area (Å²) in [6.45, 7) is 2.35. The molecule has 3 heterocycles. The second kappa shape index (κ2) is 5.47. The Kier molecular flexibility index (Phi) is 3.68. The number of hydrazine groups is 1. The monoisotopic (exact) mass is 295 g/mol. The van der Waals surface area contributed by atoms with E-state index in [9.17, 15) is 9.59 Å². The average Bonchev–Trinajstić information content (AvgIpc) is 3.07. The highest BCUT2D eigenvalue weighted by atomic mass is 32.1. The molecule has 4 N–H and O–H groups in total. The second-order valence-corrected chi connectivity index (χ2v) is 6.01. The van der Waals surface area contributed by atoms with Gasteiger partial charge in [-0.2, -0.15) is 0 Å². The Morgan fingerprint density at radius 3 is 3.30 bits per heavy atom. The molecule has 2 unspecified atom stereocenters. The molecule has 1 aromatic rings. The number of nitrogens with one attached hydrogen (secondary N) is 2. The Labute approximate surface area is 120 Å². The van der Waals surface area contributed by atoms with Crippen molar-refractivity contribution in [1.82, 2.24) is 20.6 Å². The lowest BCUT2D eigenvalue weighted by molar-refractivity contribution is -0.124. The van der Waals surface area contributed by atoms with Crippen LogP contribution >= 0.6 is 11.3 Å². The number of carbonyl (C=O) groups is 2. The minimum Gasteiger partial charge on any atom is -0.354 e. The normalized spacial score (nSPS) is 26.1. The van der Waals surface area contributed by atoms with E-state index in [-0.39, 0.29) is 23.8 Å². The molecule has 0 radical (unpaired) electrons. The first-order chi connectivity index (χ1) is 9.69. The SMILES string of the molecule is NNC(=O)c1nc(CN2CCCC3C(=O)NCC32)cs1. The first kappa shape index (κ1) is 13.5. The summed E-state index contributed by atoms with van der Waals surface area (Å²) in [4.78, 5) is 29.7. The zero-order valence-corrected chi connectivity index (χ0v) is 11.8. The topological polar surface area (TPSA) is 100 Å². The fourth-order valence-corrected chi connectivity index (χ4v) is 3.70. The summed E-state index contributed by atoms with van der Waals surface area (Å²) in [6, 6.07) is 0.254. The molecule has 0 aromatic carbocycles. The molecular weight excluding hydrogens is 278 g/mol. The highest BCUT2D eigenvalue weighted by Gasteiger charge is 2.40. The van der Waals surface area contributed by atoms with Crippen molar-refractivity contribution in [3.8, 4) is 0 Å². The number of nitrogen functional groups attached to an aromatic ring is 1. The number of fused-ring (bicyclic) bond motifs is 1. The summed E-state index contributed by atoms with van der Waals surface area (Å²) in [5, 5.41) is 5.18. The van der Waals surface area contributed by atoms with Gasteiger partial charge in [0.25, 0.3) is 5.91 Å². The van der Waals surface area contributed by atoms with Crippen LogP contribution in [0.1, 0.15) is 28.3 Å². The molecule has 7 nitrogen and oxygen atoms in total. The molecule has 2 fully saturated rings. The van der Waals surface area contributed by atoms with Crippen LogP contribution in [0, 0.1) is 5.92 Å². The summed E-state index contributed by atoms with van der Waals surface area (Å²) in [6.07, 6.45) is 1.99.